The van der Waals surface area contributed by atoms with E-state index in [2.05, 4.69) is 43.0 Å². The van der Waals surface area contributed by atoms with Crippen LogP contribution in [0.5, 0.6) is 0 Å². The van der Waals surface area contributed by atoms with Crippen LogP contribution in [-0.4, -0.2) is 24.5 Å². The minimum atomic E-state index is 0.764. The molecule has 1 aliphatic heterocycles. The highest BCUT2D eigenvalue weighted by atomic mass is 15.1. The molecule has 0 spiro atoms. The van der Waals surface area contributed by atoms with Gasteiger partial charge in [-0.05, 0) is 61.7 Å². The van der Waals surface area contributed by atoms with Crippen LogP contribution in [0.2, 0.25) is 0 Å². The Balaban J connectivity index is 1.76. The number of fused-ring (bicyclic) bond motifs is 1. The van der Waals surface area contributed by atoms with E-state index in [0.717, 1.165) is 24.9 Å². The first kappa shape index (κ1) is 15.5. The summed E-state index contributed by atoms with van der Waals surface area (Å²) < 4.78 is 0. The number of nitrogens with two attached hydrogens (primary N) is 1. The van der Waals surface area contributed by atoms with Crippen LogP contribution >= 0.6 is 0 Å². The van der Waals surface area contributed by atoms with Crippen LogP contribution < -0.4 is 5.73 Å². The van der Waals surface area contributed by atoms with E-state index in [1.807, 2.05) is 0 Å². The van der Waals surface area contributed by atoms with Gasteiger partial charge in [0.1, 0.15) is 0 Å². The SMILES string of the molecule is CC(C)C(CCN)CCCN1CCc2ccccc2C1. The number of hydrogen-bond acceptors (Lipinski definition) is 2. The molecule has 2 rings (SSSR count). The fraction of sp³-hybridized carbons (Fsp3) is 0.667. The Morgan fingerprint density at radius 2 is 1.90 bits per heavy atom. The summed E-state index contributed by atoms with van der Waals surface area (Å²) in [6, 6.07) is 8.89. The molecule has 1 atom stereocenters. The zero-order chi connectivity index (χ0) is 14.4. The van der Waals surface area contributed by atoms with Gasteiger partial charge in [-0.2, -0.15) is 0 Å². The minimum absolute atomic E-state index is 0.764. The standard InChI is InChI=1S/C18H30N2/c1-15(2)16(9-11-19)8-5-12-20-13-10-17-6-3-4-7-18(17)14-20/h3-4,6-7,15-16H,5,8-14,19H2,1-2H3. The predicted octanol–water partition coefficient (Wildman–Crippen LogP) is 3.45. The van der Waals surface area contributed by atoms with Crippen LogP contribution in [0.25, 0.3) is 0 Å². The Morgan fingerprint density at radius 1 is 1.15 bits per heavy atom. The summed E-state index contributed by atoms with van der Waals surface area (Å²) in [6.07, 6.45) is 5.03. The van der Waals surface area contributed by atoms with Gasteiger partial charge in [-0.25, -0.2) is 0 Å². The normalized spacial score (nSPS) is 17.2. The van der Waals surface area contributed by atoms with Gasteiger partial charge in [0, 0.05) is 13.1 Å². The molecule has 2 heteroatoms. The third-order valence-electron chi connectivity index (χ3n) is 4.74. The minimum Gasteiger partial charge on any atom is -0.330 e. The van der Waals surface area contributed by atoms with E-state index in [1.165, 1.54) is 44.3 Å². The quantitative estimate of drug-likeness (QED) is 0.825. The highest BCUT2D eigenvalue weighted by molar-refractivity contribution is 5.28. The predicted molar refractivity (Wildman–Crippen MR) is 86.7 cm³/mol. The smallest absolute Gasteiger partial charge is 0.0236 e. The molecule has 2 nitrogen and oxygen atoms in total. The second-order valence-electron chi connectivity index (χ2n) is 6.52. The van der Waals surface area contributed by atoms with Crippen molar-refractivity contribution in [2.75, 3.05) is 19.6 Å². The number of nitrogens with zero attached hydrogens (tertiary/aromatic N) is 1. The van der Waals surface area contributed by atoms with Crippen molar-refractivity contribution in [3.63, 3.8) is 0 Å². The van der Waals surface area contributed by atoms with E-state index in [0.29, 0.717) is 0 Å². The summed E-state index contributed by atoms with van der Waals surface area (Å²) in [6.45, 7) is 9.09. The van der Waals surface area contributed by atoms with Crippen LogP contribution in [0.15, 0.2) is 24.3 Å². The van der Waals surface area contributed by atoms with E-state index in [1.54, 1.807) is 5.56 Å². The monoisotopic (exact) mass is 274 g/mol. The Kier molecular flexibility index (Phi) is 6.06. The molecule has 112 valence electrons. The summed E-state index contributed by atoms with van der Waals surface area (Å²) in [5.74, 6) is 1.57. The number of hydrogen-bond donors (Lipinski definition) is 1. The lowest BCUT2D eigenvalue weighted by molar-refractivity contribution is 0.232. The van der Waals surface area contributed by atoms with E-state index in [-0.39, 0.29) is 0 Å². The van der Waals surface area contributed by atoms with Crippen LogP contribution in [0.4, 0.5) is 0 Å². The lowest BCUT2D eigenvalue weighted by Crippen LogP contribution is -2.31. The molecule has 0 aliphatic carbocycles. The summed E-state index contributed by atoms with van der Waals surface area (Å²) in [7, 11) is 0. The van der Waals surface area contributed by atoms with Gasteiger partial charge in [0.15, 0.2) is 0 Å². The summed E-state index contributed by atoms with van der Waals surface area (Å²) in [5, 5.41) is 0. The fourth-order valence-electron chi connectivity index (χ4n) is 3.35. The first-order chi connectivity index (χ1) is 9.70. The lowest BCUT2D eigenvalue weighted by atomic mass is 9.88. The van der Waals surface area contributed by atoms with Gasteiger partial charge in [-0.1, -0.05) is 38.1 Å². The summed E-state index contributed by atoms with van der Waals surface area (Å²) in [5.41, 5.74) is 8.80. The molecule has 1 aromatic rings. The van der Waals surface area contributed by atoms with Gasteiger partial charge in [-0.15, -0.1) is 0 Å². The first-order valence-corrected chi connectivity index (χ1v) is 8.20. The van der Waals surface area contributed by atoms with Crippen LogP contribution in [0.1, 0.15) is 44.2 Å². The Hall–Kier alpha value is -0.860. The molecule has 0 aromatic heterocycles. The molecule has 0 amide bonds. The molecule has 20 heavy (non-hydrogen) atoms. The third-order valence-corrected chi connectivity index (χ3v) is 4.74. The van der Waals surface area contributed by atoms with Crippen molar-refractivity contribution in [2.45, 2.75) is 46.1 Å². The van der Waals surface area contributed by atoms with Crippen molar-refractivity contribution in [2.24, 2.45) is 17.6 Å². The molecule has 1 heterocycles. The molecule has 1 aromatic carbocycles. The number of rotatable bonds is 7. The summed E-state index contributed by atoms with van der Waals surface area (Å²) >= 11 is 0. The molecule has 0 fully saturated rings. The van der Waals surface area contributed by atoms with Crippen molar-refractivity contribution < 1.29 is 0 Å². The van der Waals surface area contributed by atoms with E-state index >= 15 is 0 Å². The van der Waals surface area contributed by atoms with Gasteiger partial charge in [-0.3, -0.25) is 4.90 Å². The Bertz CT molecular complexity index is 400. The van der Waals surface area contributed by atoms with Crippen LogP contribution in [0, 0.1) is 11.8 Å². The second-order valence-corrected chi connectivity index (χ2v) is 6.52. The van der Waals surface area contributed by atoms with Crippen LogP contribution in [-0.2, 0) is 13.0 Å². The highest BCUT2D eigenvalue weighted by Gasteiger charge is 2.17. The average molecular weight is 274 g/mol. The largest absolute Gasteiger partial charge is 0.330 e. The molecular weight excluding hydrogens is 244 g/mol. The maximum Gasteiger partial charge on any atom is 0.0236 e. The Labute approximate surface area is 124 Å². The van der Waals surface area contributed by atoms with Gasteiger partial charge in [0.25, 0.3) is 0 Å². The molecule has 2 N–H and O–H groups in total. The summed E-state index contributed by atoms with van der Waals surface area (Å²) in [4.78, 5) is 2.61. The lowest BCUT2D eigenvalue weighted by Gasteiger charge is -2.29. The van der Waals surface area contributed by atoms with Crippen molar-refractivity contribution in [3.05, 3.63) is 35.4 Å². The Morgan fingerprint density at radius 3 is 2.60 bits per heavy atom. The molecule has 0 saturated heterocycles. The molecule has 0 bridgehead atoms. The first-order valence-electron chi connectivity index (χ1n) is 8.20. The molecule has 1 aliphatic rings. The van der Waals surface area contributed by atoms with E-state index < -0.39 is 0 Å². The highest BCUT2D eigenvalue weighted by Crippen LogP contribution is 2.22. The third kappa shape index (κ3) is 4.32. The maximum absolute atomic E-state index is 5.72. The van der Waals surface area contributed by atoms with Gasteiger partial charge < -0.3 is 5.73 Å². The zero-order valence-electron chi connectivity index (χ0n) is 13.1. The van der Waals surface area contributed by atoms with E-state index in [9.17, 15) is 0 Å². The van der Waals surface area contributed by atoms with Gasteiger partial charge >= 0.3 is 0 Å². The van der Waals surface area contributed by atoms with Crippen molar-refractivity contribution >= 4 is 0 Å². The molecule has 0 radical (unpaired) electrons. The molecular formula is C18H30N2. The van der Waals surface area contributed by atoms with Crippen molar-refractivity contribution in [1.29, 1.82) is 0 Å². The zero-order valence-corrected chi connectivity index (χ0v) is 13.1. The number of benzene rings is 1. The molecule has 0 saturated carbocycles. The average Bonchev–Trinajstić information content (AvgIpc) is 2.46. The topological polar surface area (TPSA) is 29.3 Å². The molecule has 1 unspecified atom stereocenters. The fourth-order valence-corrected chi connectivity index (χ4v) is 3.35. The van der Waals surface area contributed by atoms with Gasteiger partial charge in [0.05, 0.1) is 0 Å². The van der Waals surface area contributed by atoms with E-state index in [4.69, 9.17) is 5.73 Å². The van der Waals surface area contributed by atoms with Gasteiger partial charge in [0.2, 0.25) is 0 Å². The van der Waals surface area contributed by atoms with Crippen molar-refractivity contribution in [1.82, 2.24) is 4.90 Å². The maximum atomic E-state index is 5.72. The van der Waals surface area contributed by atoms with Crippen LogP contribution in [0.3, 0.4) is 0 Å². The van der Waals surface area contributed by atoms with Crippen molar-refractivity contribution in [3.8, 4) is 0 Å². The second kappa shape index (κ2) is 7.80.